The van der Waals surface area contributed by atoms with Crippen LogP contribution in [0.15, 0.2) is 0 Å². The predicted molar refractivity (Wildman–Crippen MR) is 69.8 cm³/mol. The number of carbonyl (C=O) groups excluding carboxylic acids is 1. The van der Waals surface area contributed by atoms with E-state index >= 15 is 0 Å². The molecule has 2 aliphatic rings. The highest BCUT2D eigenvalue weighted by Crippen LogP contribution is 2.24. The van der Waals surface area contributed by atoms with Crippen molar-refractivity contribution < 1.29 is 4.79 Å². The standard InChI is InChI=1S/C14H26N2O/c1-11(2)13-7-3-4-9-16(13)14(17)10-12-6-5-8-15-12/h11-13,15H,3-10H2,1-2H3. The minimum Gasteiger partial charge on any atom is -0.339 e. The van der Waals surface area contributed by atoms with Gasteiger partial charge in [-0.3, -0.25) is 4.79 Å². The van der Waals surface area contributed by atoms with E-state index in [2.05, 4.69) is 24.1 Å². The van der Waals surface area contributed by atoms with E-state index in [0.29, 0.717) is 30.3 Å². The lowest BCUT2D eigenvalue weighted by Crippen LogP contribution is -2.47. The van der Waals surface area contributed by atoms with Crippen LogP contribution >= 0.6 is 0 Å². The lowest BCUT2D eigenvalue weighted by Gasteiger charge is -2.38. The van der Waals surface area contributed by atoms with Crippen molar-refractivity contribution in [2.24, 2.45) is 5.92 Å². The van der Waals surface area contributed by atoms with E-state index in [1.54, 1.807) is 0 Å². The molecule has 3 heteroatoms. The first kappa shape index (κ1) is 12.9. The van der Waals surface area contributed by atoms with Gasteiger partial charge in [-0.2, -0.15) is 0 Å². The van der Waals surface area contributed by atoms with Crippen molar-refractivity contribution in [1.82, 2.24) is 10.2 Å². The molecule has 0 aromatic heterocycles. The zero-order chi connectivity index (χ0) is 12.3. The van der Waals surface area contributed by atoms with Gasteiger partial charge < -0.3 is 10.2 Å². The maximum atomic E-state index is 12.4. The molecule has 17 heavy (non-hydrogen) atoms. The summed E-state index contributed by atoms with van der Waals surface area (Å²) < 4.78 is 0. The number of rotatable bonds is 3. The maximum Gasteiger partial charge on any atom is 0.224 e. The Bertz CT molecular complexity index is 259. The van der Waals surface area contributed by atoms with Gasteiger partial charge in [0, 0.05) is 25.0 Å². The normalized spacial score (nSPS) is 29.9. The van der Waals surface area contributed by atoms with Crippen molar-refractivity contribution in [1.29, 1.82) is 0 Å². The maximum absolute atomic E-state index is 12.4. The van der Waals surface area contributed by atoms with Crippen LogP contribution < -0.4 is 5.32 Å². The topological polar surface area (TPSA) is 32.3 Å². The van der Waals surface area contributed by atoms with Gasteiger partial charge in [-0.05, 0) is 44.6 Å². The Hall–Kier alpha value is -0.570. The molecule has 0 bridgehead atoms. The molecular formula is C14H26N2O. The molecule has 0 aromatic rings. The fourth-order valence-electron chi connectivity index (χ4n) is 3.22. The van der Waals surface area contributed by atoms with E-state index in [1.165, 1.54) is 32.1 Å². The number of nitrogens with one attached hydrogen (secondary N) is 1. The van der Waals surface area contributed by atoms with Gasteiger partial charge in [-0.15, -0.1) is 0 Å². The second kappa shape index (κ2) is 5.85. The van der Waals surface area contributed by atoms with Crippen molar-refractivity contribution in [3.8, 4) is 0 Å². The van der Waals surface area contributed by atoms with Crippen molar-refractivity contribution in [2.45, 2.75) is 64.5 Å². The van der Waals surface area contributed by atoms with E-state index in [1.807, 2.05) is 0 Å². The zero-order valence-electron chi connectivity index (χ0n) is 11.2. The van der Waals surface area contributed by atoms with Gasteiger partial charge in [-0.25, -0.2) is 0 Å². The summed E-state index contributed by atoms with van der Waals surface area (Å²) >= 11 is 0. The Balaban J connectivity index is 1.90. The van der Waals surface area contributed by atoms with Gasteiger partial charge in [0.15, 0.2) is 0 Å². The van der Waals surface area contributed by atoms with Crippen LogP contribution in [0, 0.1) is 5.92 Å². The molecule has 98 valence electrons. The molecule has 1 amide bonds. The van der Waals surface area contributed by atoms with Crippen LogP contribution in [0.25, 0.3) is 0 Å². The second-order valence-corrected chi connectivity index (χ2v) is 5.89. The Morgan fingerprint density at radius 3 is 2.76 bits per heavy atom. The highest BCUT2D eigenvalue weighted by molar-refractivity contribution is 5.77. The van der Waals surface area contributed by atoms with E-state index in [9.17, 15) is 4.79 Å². The smallest absolute Gasteiger partial charge is 0.224 e. The molecule has 0 radical (unpaired) electrons. The monoisotopic (exact) mass is 238 g/mol. The lowest BCUT2D eigenvalue weighted by atomic mass is 9.92. The minimum atomic E-state index is 0.378. The van der Waals surface area contributed by atoms with Crippen LogP contribution in [-0.2, 0) is 4.79 Å². The largest absolute Gasteiger partial charge is 0.339 e. The van der Waals surface area contributed by atoms with Crippen LogP contribution in [-0.4, -0.2) is 36.0 Å². The molecule has 3 nitrogen and oxygen atoms in total. The number of piperidine rings is 1. The summed E-state index contributed by atoms with van der Waals surface area (Å²) in [5, 5.41) is 3.42. The Morgan fingerprint density at radius 2 is 2.12 bits per heavy atom. The summed E-state index contributed by atoms with van der Waals surface area (Å²) in [4.78, 5) is 14.5. The van der Waals surface area contributed by atoms with E-state index in [-0.39, 0.29) is 0 Å². The molecule has 2 fully saturated rings. The third-order valence-corrected chi connectivity index (χ3v) is 4.22. The fourth-order valence-corrected chi connectivity index (χ4v) is 3.22. The molecule has 1 N–H and O–H groups in total. The highest BCUT2D eigenvalue weighted by Gasteiger charge is 2.30. The van der Waals surface area contributed by atoms with Crippen molar-refractivity contribution in [3.63, 3.8) is 0 Å². The number of carbonyl (C=O) groups is 1. The Labute approximate surface area is 105 Å². The van der Waals surface area contributed by atoms with Gasteiger partial charge in [0.1, 0.15) is 0 Å². The van der Waals surface area contributed by atoms with E-state index < -0.39 is 0 Å². The average Bonchev–Trinajstić information content (AvgIpc) is 2.81. The molecule has 0 aromatic carbocycles. The first-order chi connectivity index (χ1) is 8.18. The molecule has 0 spiro atoms. The van der Waals surface area contributed by atoms with Crippen molar-refractivity contribution in [2.75, 3.05) is 13.1 Å². The summed E-state index contributed by atoms with van der Waals surface area (Å²) in [6, 6.07) is 0.926. The molecular weight excluding hydrogens is 212 g/mol. The SMILES string of the molecule is CC(C)C1CCCCN1C(=O)CC1CCCN1. The predicted octanol–water partition coefficient (Wildman–Crippen LogP) is 2.17. The molecule has 2 aliphatic heterocycles. The molecule has 2 saturated heterocycles. The van der Waals surface area contributed by atoms with Crippen molar-refractivity contribution in [3.05, 3.63) is 0 Å². The third kappa shape index (κ3) is 3.21. The van der Waals surface area contributed by atoms with Gasteiger partial charge in [0.25, 0.3) is 0 Å². The molecule has 0 aliphatic carbocycles. The summed E-state index contributed by atoms with van der Waals surface area (Å²) in [5.41, 5.74) is 0. The van der Waals surface area contributed by atoms with Gasteiger partial charge in [0.2, 0.25) is 5.91 Å². The van der Waals surface area contributed by atoms with E-state index in [4.69, 9.17) is 0 Å². The summed E-state index contributed by atoms with van der Waals surface area (Å²) in [7, 11) is 0. The van der Waals surface area contributed by atoms with Crippen LogP contribution in [0.4, 0.5) is 0 Å². The Kier molecular flexibility index (Phi) is 4.43. The second-order valence-electron chi connectivity index (χ2n) is 5.89. The van der Waals surface area contributed by atoms with Crippen LogP contribution in [0.1, 0.15) is 52.4 Å². The van der Waals surface area contributed by atoms with Gasteiger partial charge >= 0.3 is 0 Å². The fraction of sp³-hybridized carbons (Fsp3) is 0.929. The zero-order valence-corrected chi connectivity index (χ0v) is 11.2. The summed E-state index contributed by atoms with van der Waals surface area (Å²) in [6.07, 6.45) is 6.78. The third-order valence-electron chi connectivity index (χ3n) is 4.22. The number of nitrogens with zero attached hydrogens (tertiary/aromatic N) is 1. The Morgan fingerprint density at radius 1 is 1.29 bits per heavy atom. The van der Waals surface area contributed by atoms with Crippen LogP contribution in [0.5, 0.6) is 0 Å². The quantitative estimate of drug-likeness (QED) is 0.817. The van der Waals surface area contributed by atoms with Gasteiger partial charge in [0.05, 0.1) is 0 Å². The number of hydrogen-bond donors (Lipinski definition) is 1. The number of amides is 1. The van der Waals surface area contributed by atoms with E-state index in [0.717, 1.165) is 13.1 Å². The molecule has 2 rings (SSSR count). The molecule has 2 heterocycles. The number of likely N-dealkylation sites (tertiary alicyclic amines) is 1. The van der Waals surface area contributed by atoms with Crippen LogP contribution in [0.2, 0.25) is 0 Å². The van der Waals surface area contributed by atoms with Crippen molar-refractivity contribution >= 4 is 5.91 Å². The number of hydrogen-bond acceptors (Lipinski definition) is 2. The lowest BCUT2D eigenvalue weighted by molar-refractivity contribution is -0.136. The molecule has 0 saturated carbocycles. The first-order valence-corrected chi connectivity index (χ1v) is 7.21. The average molecular weight is 238 g/mol. The highest BCUT2D eigenvalue weighted by atomic mass is 16.2. The van der Waals surface area contributed by atoms with Gasteiger partial charge in [-0.1, -0.05) is 13.8 Å². The molecule has 2 unspecified atom stereocenters. The summed E-state index contributed by atoms with van der Waals surface area (Å²) in [5.74, 6) is 0.971. The van der Waals surface area contributed by atoms with Crippen LogP contribution in [0.3, 0.4) is 0 Å². The molecule has 2 atom stereocenters. The summed E-state index contributed by atoms with van der Waals surface area (Å²) in [6.45, 7) is 6.55. The first-order valence-electron chi connectivity index (χ1n) is 7.21. The minimum absolute atomic E-state index is 0.378.